The Hall–Kier alpha value is -1.70. The average Bonchev–Trinajstić information content (AvgIpc) is 2.26. The summed E-state index contributed by atoms with van der Waals surface area (Å²) >= 11 is 3.05. The second kappa shape index (κ2) is 6.14. The monoisotopic (exact) mass is 304 g/mol. The molecule has 92 valence electrons. The fourth-order valence-electron chi connectivity index (χ4n) is 0.986. The van der Waals surface area contributed by atoms with Crippen LogP contribution < -0.4 is 4.74 Å². The summed E-state index contributed by atoms with van der Waals surface area (Å²) in [5, 5.41) is 10.7. The number of nitro groups is 1. The van der Waals surface area contributed by atoms with Crippen LogP contribution in [0.3, 0.4) is 0 Å². The lowest BCUT2D eigenvalue weighted by molar-refractivity contribution is -0.386. The van der Waals surface area contributed by atoms with Crippen LogP contribution in [0.4, 0.5) is 5.69 Å². The van der Waals surface area contributed by atoms with E-state index in [0.717, 1.165) is 0 Å². The molecule has 1 heterocycles. The molecule has 1 aromatic rings. The topological polar surface area (TPSA) is 91.6 Å². The van der Waals surface area contributed by atoms with E-state index in [2.05, 4.69) is 25.7 Å². The molecular weight excluding hydrogens is 296 g/mol. The Morgan fingerprint density at radius 1 is 1.59 bits per heavy atom. The Kier molecular flexibility index (Phi) is 4.83. The lowest BCUT2D eigenvalue weighted by atomic mass is 10.4. The van der Waals surface area contributed by atoms with Crippen LogP contribution in [0.1, 0.15) is 6.92 Å². The fourth-order valence-corrected chi connectivity index (χ4v) is 1.28. The fraction of sp³-hybridized carbons (Fsp3) is 0.333. The molecule has 8 heteroatoms. The first kappa shape index (κ1) is 13.4. The van der Waals surface area contributed by atoms with E-state index in [1.54, 1.807) is 6.92 Å². The molecule has 7 nitrogen and oxygen atoms in total. The van der Waals surface area contributed by atoms with Gasteiger partial charge in [0.2, 0.25) is 0 Å². The van der Waals surface area contributed by atoms with Crippen molar-refractivity contribution in [3.8, 4) is 5.88 Å². The summed E-state index contributed by atoms with van der Waals surface area (Å²) in [6, 6.07) is 2.65. The van der Waals surface area contributed by atoms with Gasteiger partial charge in [-0.05, 0) is 28.9 Å². The quantitative estimate of drug-likeness (QED) is 0.356. The number of hydrogen-bond donors (Lipinski definition) is 0. The van der Waals surface area contributed by atoms with Gasteiger partial charge in [-0.25, -0.2) is 9.78 Å². The first-order valence-electron chi connectivity index (χ1n) is 4.64. The van der Waals surface area contributed by atoms with Crippen LogP contribution in [-0.2, 0) is 9.53 Å². The molecule has 0 radical (unpaired) electrons. The molecule has 0 saturated heterocycles. The number of nitrogens with zero attached hydrogens (tertiary/aromatic N) is 2. The standard InChI is InChI=1S/C9H9BrN2O5/c1-2-16-8(13)5-17-9-6(12(14)15)3-4-7(10)11-9/h3-4H,2,5H2,1H3. The van der Waals surface area contributed by atoms with E-state index in [0.29, 0.717) is 4.60 Å². The summed E-state index contributed by atoms with van der Waals surface area (Å²) in [5.74, 6) is -0.832. The highest BCUT2D eigenvalue weighted by molar-refractivity contribution is 9.10. The molecule has 0 bridgehead atoms. The van der Waals surface area contributed by atoms with E-state index in [4.69, 9.17) is 4.74 Å². The van der Waals surface area contributed by atoms with E-state index >= 15 is 0 Å². The molecular formula is C9H9BrN2O5. The Morgan fingerprint density at radius 3 is 2.88 bits per heavy atom. The van der Waals surface area contributed by atoms with Crippen LogP contribution in [-0.4, -0.2) is 29.1 Å². The summed E-state index contributed by atoms with van der Waals surface area (Å²) in [6.45, 7) is 1.45. The van der Waals surface area contributed by atoms with Gasteiger partial charge >= 0.3 is 11.7 Å². The van der Waals surface area contributed by atoms with Crippen LogP contribution in [0.25, 0.3) is 0 Å². The number of carbonyl (C=O) groups is 1. The normalized spacial score (nSPS) is 9.76. The number of pyridine rings is 1. The lowest BCUT2D eigenvalue weighted by Gasteiger charge is -2.05. The highest BCUT2D eigenvalue weighted by Crippen LogP contribution is 2.26. The van der Waals surface area contributed by atoms with Crippen molar-refractivity contribution in [3.05, 3.63) is 26.9 Å². The van der Waals surface area contributed by atoms with Crippen molar-refractivity contribution in [1.82, 2.24) is 4.98 Å². The van der Waals surface area contributed by atoms with Gasteiger partial charge in [0.05, 0.1) is 11.5 Å². The van der Waals surface area contributed by atoms with Gasteiger partial charge in [-0.15, -0.1) is 0 Å². The molecule has 1 aromatic heterocycles. The van der Waals surface area contributed by atoms with Crippen molar-refractivity contribution in [1.29, 1.82) is 0 Å². The van der Waals surface area contributed by atoms with E-state index in [1.807, 2.05) is 0 Å². The number of aromatic nitrogens is 1. The smallest absolute Gasteiger partial charge is 0.344 e. The van der Waals surface area contributed by atoms with Gasteiger partial charge in [0.1, 0.15) is 4.60 Å². The predicted molar refractivity (Wildman–Crippen MR) is 60.7 cm³/mol. The molecule has 0 N–H and O–H groups in total. The number of carbonyl (C=O) groups excluding carboxylic acids is 1. The summed E-state index contributed by atoms with van der Waals surface area (Å²) in [6.07, 6.45) is 0. The minimum absolute atomic E-state index is 0.218. The molecule has 0 aliphatic rings. The van der Waals surface area contributed by atoms with Crippen LogP contribution in [0.15, 0.2) is 16.7 Å². The van der Waals surface area contributed by atoms with Crippen LogP contribution in [0, 0.1) is 10.1 Å². The third-order valence-electron chi connectivity index (χ3n) is 1.63. The number of esters is 1. The van der Waals surface area contributed by atoms with Crippen LogP contribution in [0.5, 0.6) is 5.88 Å². The third-order valence-corrected chi connectivity index (χ3v) is 2.08. The van der Waals surface area contributed by atoms with Crippen molar-refractivity contribution in [2.75, 3.05) is 13.2 Å². The summed E-state index contributed by atoms with van der Waals surface area (Å²) in [5.41, 5.74) is -0.308. The van der Waals surface area contributed by atoms with E-state index in [9.17, 15) is 14.9 Å². The average molecular weight is 305 g/mol. The molecule has 0 aliphatic heterocycles. The molecule has 0 aliphatic carbocycles. The van der Waals surface area contributed by atoms with Crippen LogP contribution in [0.2, 0.25) is 0 Å². The number of halogens is 1. The van der Waals surface area contributed by atoms with E-state index < -0.39 is 17.5 Å². The maximum absolute atomic E-state index is 11.0. The second-order valence-corrected chi connectivity index (χ2v) is 3.62. The predicted octanol–water partition coefficient (Wildman–Crippen LogP) is 1.69. The first-order valence-corrected chi connectivity index (χ1v) is 5.43. The number of rotatable bonds is 5. The molecule has 1 rings (SSSR count). The largest absolute Gasteiger partial charge is 0.463 e. The molecule has 0 aromatic carbocycles. The molecule has 0 amide bonds. The summed E-state index contributed by atoms with van der Waals surface area (Å²) in [7, 11) is 0. The Bertz CT molecular complexity index is 437. The van der Waals surface area contributed by atoms with Crippen LogP contribution >= 0.6 is 15.9 Å². The van der Waals surface area contributed by atoms with Crippen molar-refractivity contribution >= 4 is 27.6 Å². The molecule has 0 atom stereocenters. The minimum atomic E-state index is -0.639. The third kappa shape index (κ3) is 3.99. The van der Waals surface area contributed by atoms with Crippen molar-refractivity contribution in [2.45, 2.75) is 6.92 Å². The van der Waals surface area contributed by atoms with Gasteiger partial charge in [0.25, 0.3) is 5.88 Å². The van der Waals surface area contributed by atoms with E-state index in [1.165, 1.54) is 12.1 Å². The summed E-state index contributed by atoms with van der Waals surface area (Å²) < 4.78 is 9.93. The zero-order chi connectivity index (χ0) is 12.8. The first-order chi connectivity index (χ1) is 8.04. The highest BCUT2D eigenvalue weighted by atomic mass is 79.9. The van der Waals surface area contributed by atoms with E-state index in [-0.39, 0.29) is 18.2 Å². The maximum Gasteiger partial charge on any atom is 0.344 e. The summed E-state index contributed by atoms with van der Waals surface area (Å²) in [4.78, 5) is 24.8. The second-order valence-electron chi connectivity index (χ2n) is 2.81. The number of hydrogen-bond acceptors (Lipinski definition) is 6. The SMILES string of the molecule is CCOC(=O)COc1nc(Br)ccc1[N+](=O)[O-]. The molecule has 0 unspecified atom stereocenters. The maximum atomic E-state index is 11.0. The lowest BCUT2D eigenvalue weighted by Crippen LogP contribution is -2.15. The Balaban J connectivity index is 2.78. The number of ether oxygens (including phenoxy) is 2. The van der Waals surface area contributed by atoms with Gasteiger partial charge in [-0.3, -0.25) is 10.1 Å². The molecule has 0 spiro atoms. The molecule has 17 heavy (non-hydrogen) atoms. The zero-order valence-electron chi connectivity index (χ0n) is 8.88. The molecule has 0 fully saturated rings. The Labute approximate surface area is 105 Å². The highest BCUT2D eigenvalue weighted by Gasteiger charge is 2.18. The van der Waals surface area contributed by atoms with Gasteiger partial charge in [-0.2, -0.15) is 0 Å². The van der Waals surface area contributed by atoms with Gasteiger partial charge < -0.3 is 9.47 Å². The van der Waals surface area contributed by atoms with Crippen molar-refractivity contribution in [2.24, 2.45) is 0 Å². The zero-order valence-corrected chi connectivity index (χ0v) is 10.5. The van der Waals surface area contributed by atoms with Crippen molar-refractivity contribution < 1.29 is 19.2 Å². The minimum Gasteiger partial charge on any atom is -0.463 e. The van der Waals surface area contributed by atoms with Gasteiger partial charge in [-0.1, -0.05) is 0 Å². The Morgan fingerprint density at radius 2 is 2.29 bits per heavy atom. The van der Waals surface area contributed by atoms with Gasteiger partial charge in [0, 0.05) is 6.07 Å². The van der Waals surface area contributed by atoms with Gasteiger partial charge in [0.15, 0.2) is 6.61 Å². The van der Waals surface area contributed by atoms with Crippen molar-refractivity contribution in [3.63, 3.8) is 0 Å². The molecule has 0 saturated carbocycles.